The molecule has 1 saturated heterocycles. The zero-order valence-electron chi connectivity index (χ0n) is 15.6. The van der Waals surface area contributed by atoms with E-state index in [9.17, 15) is 0 Å². The summed E-state index contributed by atoms with van der Waals surface area (Å²) in [6, 6.07) is 4.35. The lowest BCUT2D eigenvalue weighted by molar-refractivity contribution is -0.911. The van der Waals surface area contributed by atoms with E-state index in [-0.39, 0.29) is 0 Å². The summed E-state index contributed by atoms with van der Waals surface area (Å²) in [7, 11) is 1.66. The van der Waals surface area contributed by atoms with Crippen LogP contribution < -0.4 is 9.68 Å². The highest BCUT2D eigenvalue weighted by Gasteiger charge is 2.19. The van der Waals surface area contributed by atoms with Crippen molar-refractivity contribution in [1.82, 2.24) is 15.0 Å². The van der Waals surface area contributed by atoms with E-state index in [0.717, 1.165) is 75.4 Å². The van der Waals surface area contributed by atoms with Gasteiger partial charge in [-0.3, -0.25) is 4.90 Å². The molecule has 3 rings (SSSR count). The maximum atomic E-state index is 5.48. The number of rotatable bonds is 7. The number of fused-ring (bicyclic) bond motifs is 1. The van der Waals surface area contributed by atoms with Gasteiger partial charge in [0.2, 0.25) is 5.82 Å². The smallest absolute Gasteiger partial charge is 0.315 e. The summed E-state index contributed by atoms with van der Waals surface area (Å²) in [6.45, 7) is 9.16. The van der Waals surface area contributed by atoms with Crippen LogP contribution in [0.4, 0.5) is 0 Å². The van der Waals surface area contributed by atoms with Crippen molar-refractivity contribution < 1.29 is 14.4 Å². The fourth-order valence-corrected chi connectivity index (χ4v) is 3.42. The van der Waals surface area contributed by atoms with Gasteiger partial charge in [0.15, 0.2) is 7.11 Å². The van der Waals surface area contributed by atoms with Crippen LogP contribution in [0.25, 0.3) is 11.0 Å². The van der Waals surface area contributed by atoms with E-state index in [1.54, 1.807) is 12.0 Å². The summed E-state index contributed by atoms with van der Waals surface area (Å²) in [5.74, 6) is 0.842. The maximum absolute atomic E-state index is 5.48. The largest absolute Gasteiger partial charge is 0.379 e. The molecule has 0 atom stereocenters. The van der Waals surface area contributed by atoms with Crippen molar-refractivity contribution in [2.24, 2.45) is 0 Å². The van der Waals surface area contributed by atoms with Crippen LogP contribution in [0.1, 0.15) is 37.2 Å². The standard InChI is InChI=1S/C19H29N4O2/c1-4-15-13-17-18(14-16(15)5-2)23(24-3)21-19(20-17)7-6-8-22-9-11-25-12-10-22/h13-14H,4-12H2,1-3H3/q+1. The second-order valence-electron chi connectivity index (χ2n) is 6.46. The van der Waals surface area contributed by atoms with Crippen LogP contribution in [0.3, 0.4) is 0 Å². The number of hydrogen-bond acceptors (Lipinski definition) is 5. The molecular formula is C19H29N4O2+. The number of benzene rings is 1. The van der Waals surface area contributed by atoms with Gasteiger partial charge in [0.05, 0.1) is 18.3 Å². The van der Waals surface area contributed by atoms with Crippen molar-refractivity contribution >= 4 is 11.0 Å². The Balaban J connectivity index is 1.78. The van der Waals surface area contributed by atoms with E-state index in [0.29, 0.717) is 0 Å². The number of hydrogen-bond donors (Lipinski definition) is 0. The Bertz CT molecular complexity index is 714. The molecule has 2 heterocycles. The average molecular weight is 345 g/mol. The zero-order chi connectivity index (χ0) is 17.6. The second-order valence-corrected chi connectivity index (χ2v) is 6.46. The molecule has 0 saturated carbocycles. The maximum Gasteiger partial charge on any atom is 0.315 e. The molecule has 0 unspecified atom stereocenters. The molecule has 0 bridgehead atoms. The van der Waals surface area contributed by atoms with Gasteiger partial charge < -0.3 is 4.74 Å². The van der Waals surface area contributed by atoms with Gasteiger partial charge in [0, 0.05) is 25.6 Å². The van der Waals surface area contributed by atoms with Gasteiger partial charge in [-0.2, -0.15) is 0 Å². The topological polar surface area (TPSA) is 51.4 Å². The van der Waals surface area contributed by atoms with Crippen LogP contribution in [0, 0.1) is 0 Å². The Labute approximate surface area is 149 Å². The number of nitrogens with zero attached hydrogens (tertiary/aromatic N) is 4. The molecule has 1 aliphatic heterocycles. The van der Waals surface area contributed by atoms with E-state index in [1.807, 2.05) is 0 Å². The number of ether oxygens (including phenoxy) is 1. The molecular weight excluding hydrogens is 316 g/mol. The highest BCUT2D eigenvalue weighted by atomic mass is 16.7. The highest BCUT2D eigenvalue weighted by Crippen LogP contribution is 2.17. The number of morpholine rings is 1. The van der Waals surface area contributed by atoms with Crippen LogP contribution in [0.2, 0.25) is 0 Å². The Kier molecular flexibility index (Phi) is 6.15. The lowest BCUT2D eigenvalue weighted by Crippen LogP contribution is -2.46. The first kappa shape index (κ1) is 18.0. The Morgan fingerprint density at radius 2 is 1.88 bits per heavy atom. The highest BCUT2D eigenvalue weighted by molar-refractivity contribution is 5.73. The second kappa shape index (κ2) is 8.54. The summed E-state index contributed by atoms with van der Waals surface area (Å²) in [6.07, 6.45) is 3.92. The molecule has 6 heteroatoms. The van der Waals surface area contributed by atoms with E-state index >= 15 is 0 Å². The van der Waals surface area contributed by atoms with Crippen molar-refractivity contribution in [3.63, 3.8) is 0 Å². The van der Waals surface area contributed by atoms with E-state index < -0.39 is 0 Å². The normalized spacial score (nSPS) is 15.6. The summed E-state index contributed by atoms with van der Waals surface area (Å²) >= 11 is 0. The molecule has 1 aromatic heterocycles. The molecule has 25 heavy (non-hydrogen) atoms. The molecule has 0 radical (unpaired) electrons. The van der Waals surface area contributed by atoms with E-state index in [4.69, 9.17) is 14.6 Å². The number of aryl methyl sites for hydroxylation is 3. The summed E-state index contributed by atoms with van der Waals surface area (Å²) in [5.41, 5.74) is 4.60. The summed E-state index contributed by atoms with van der Waals surface area (Å²) in [5, 5.41) is 4.57. The average Bonchev–Trinajstić information content (AvgIpc) is 2.67. The van der Waals surface area contributed by atoms with E-state index in [2.05, 4.69) is 36.0 Å². The zero-order valence-corrected chi connectivity index (χ0v) is 15.6. The molecule has 2 aromatic rings. The van der Waals surface area contributed by atoms with Gasteiger partial charge in [-0.1, -0.05) is 13.8 Å². The van der Waals surface area contributed by atoms with Crippen LogP contribution in [-0.2, 0) is 24.0 Å². The van der Waals surface area contributed by atoms with Gasteiger partial charge in [0.25, 0.3) is 0 Å². The van der Waals surface area contributed by atoms with Crippen molar-refractivity contribution in [1.29, 1.82) is 0 Å². The molecule has 0 spiro atoms. The Morgan fingerprint density at radius 1 is 1.16 bits per heavy atom. The molecule has 0 aliphatic carbocycles. The van der Waals surface area contributed by atoms with Crippen LogP contribution in [0.5, 0.6) is 0 Å². The van der Waals surface area contributed by atoms with Gasteiger partial charge in [-0.25, -0.2) is 9.82 Å². The lowest BCUT2D eigenvalue weighted by Gasteiger charge is -2.26. The minimum atomic E-state index is 0.842. The minimum Gasteiger partial charge on any atom is -0.379 e. The van der Waals surface area contributed by atoms with Gasteiger partial charge in [-0.15, -0.1) is 0 Å². The predicted molar refractivity (Wildman–Crippen MR) is 96.6 cm³/mol. The Morgan fingerprint density at radius 3 is 2.56 bits per heavy atom. The Hall–Kier alpha value is -1.79. The van der Waals surface area contributed by atoms with Crippen molar-refractivity contribution in [2.45, 2.75) is 39.5 Å². The molecule has 0 amide bonds. The van der Waals surface area contributed by atoms with Gasteiger partial charge in [-0.05, 0) is 43.0 Å². The lowest BCUT2D eigenvalue weighted by atomic mass is 10.0. The molecule has 1 aliphatic rings. The van der Waals surface area contributed by atoms with Crippen molar-refractivity contribution in [3.05, 3.63) is 29.1 Å². The SMILES string of the molecule is CCc1cc2nc(CCCN3CCOCC3)n[n+](OC)c2cc1CC. The van der Waals surface area contributed by atoms with Crippen LogP contribution in [-0.4, -0.2) is 54.9 Å². The molecule has 136 valence electrons. The third-order valence-corrected chi connectivity index (χ3v) is 4.87. The van der Waals surface area contributed by atoms with Crippen LogP contribution >= 0.6 is 0 Å². The van der Waals surface area contributed by atoms with Gasteiger partial charge in [0.1, 0.15) is 10.4 Å². The molecule has 1 aromatic carbocycles. The minimum absolute atomic E-state index is 0.842. The third-order valence-electron chi connectivity index (χ3n) is 4.87. The molecule has 0 N–H and O–H groups in total. The van der Waals surface area contributed by atoms with E-state index in [1.165, 1.54) is 11.1 Å². The fourth-order valence-electron chi connectivity index (χ4n) is 3.42. The first-order valence-corrected chi connectivity index (χ1v) is 9.34. The van der Waals surface area contributed by atoms with Crippen molar-refractivity contribution in [2.75, 3.05) is 40.0 Å². The third kappa shape index (κ3) is 4.25. The first-order chi connectivity index (χ1) is 12.2. The fraction of sp³-hybridized carbons (Fsp3) is 0.632. The monoisotopic (exact) mass is 345 g/mol. The molecule has 6 nitrogen and oxygen atoms in total. The summed E-state index contributed by atoms with van der Waals surface area (Å²) in [4.78, 5) is 14.3. The van der Waals surface area contributed by atoms with Crippen molar-refractivity contribution in [3.8, 4) is 0 Å². The summed E-state index contributed by atoms with van der Waals surface area (Å²) < 4.78 is 5.40. The number of aromatic nitrogens is 3. The first-order valence-electron chi connectivity index (χ1n) is 9.34. The molecule has 1 fully saturated rings. The predicted octanol–water partition coefficient (Wildman–Crippen LogP) is 1.37. The van der Waals surface area contributed by atoms with Crippen LogP contribution in [0.15, 0.2) is 12.1 Å². The quantitative estimate of drug-likeness (QED) is 0.710. The van der Waals surface area contributed by atoms with Gasteiger partial charge >= 0.3 is 5.52 Å².